The average molecular weight is 301 g/mol. The van der Waals surface area contributed by atoms with E-state index in [-0.39, 0.29) is 24.4 Å². The van der Waals surface area contributed by atoms with Crippen LogP contribution in [0.2, 0.25) is 0 Å². The molecule has 0 radical (unpaired) electrons. The monoisotopic (exact) mass is 301 g/mol. The summed E-state index contributed by atoms with van der Waals surface area (Å²) in [4.78, 5) is 15.4. The van der Waals surface area contributed by atoms with Crippen LogP contribution < -0.4 is 5.48 Å². The smallest absolute Gasteiger partial charge is 0.261 e. The number of sulfonamides is 1. The molecule has 1 amide bonds. The third-order valence-electron chi connectivity index (χ3n) is 3.15. The van der Waals surface area contributed by atoms with Crippen LogP contribution in [0.3, 0.4) is 0 Å². The molecule has 20 heavy (non-hydrogen) atoms. The van der Waals surface area contributed by atoms with Crippen LogP contribution in [-0.4, -0.2) is 52.6 Å². The number of rotatable bonds is 3. The van der Waals surface area contributed by atoms with Gasteiger partial charge in [0.25, 0.3) is 15.9 Å². The lowest BCUT2D eigenvalue weighted by Crippen LogP contribution is -2.54. The molecule has 1 aliphatic heterocycles. The van der Waals surface area contributed by atoms with E-state index in [4.69, 9.17) is 5.21 Å². The van der Waals surface area contributed by atoms with Gasteiger partial charge < -0.3 is 5.11 Å². The summed E-state index contributed by atoms with van der Waals surface area (Å²) in [7, 11) is -3.95. The predicted octanol–water partition coefficient (Wildman–Crippen LogP) is -0.899. The van der Waals surface area contributed by atoms with Gasteiger partial charge in [-0.05, 0) is 25.0 Å². The number of amides is 1. The number of carbonyl (C=O) groups excluding carboxylic acids is 1. The van der Waals surface area contributed by atoms with Crippen molar-refractivity contribution in [1.29, 1.82) is 0 Å². The molecule has 2 atom stereocenters. The Morgan fingerprint density at radius 1 is 1.45 bits per heavy atom. The molecule has 0 bridgehead atoms. The van der Waals surface area contributed by atoms with Crippen molar-refractivity contribution in [2.24, 2.45) is 0 Å². The Kier molecular flexibility index (Phi) is 4.33. The number of nitrogens with one attached hydrogen (secondary N) is 1. The van der Waals surface area contributed by atoms with Gasteiger partial charge in [-0.15, -0.1) is 0 Å². The lowest BCUT2D eigenvalue weighted by Gasteiger charge is -2.34. The number of aromatic nitrogens is 1. The Balaban J connectivity index is 2.36. The Labute approximate surface area is 116 Å². The molecule has 1 saturated heterocycles. The summed E-state index contributed by atoms with van der Waals surface area (Å²) in [6.07, 6.45) is 0.708. The fourth-order valence-corrected chi connectivity index (χ4v) is 3.69. The van der Waals surface area contributed by atoms with Gasteiger partial charge in [0.15, 0.2) is 5.03 Å². The van der Waals surface area contributed by atoms with Gasteiger partial charge in [-0.3, -0.25) is 10.0 Å². The van der Waals surface area contributed by atoms with E-state index in [0.717, 1.165) is 4.31 Å². The fraction of sp³-hybridized carbons (Fsp3) is 0.455. The first-order valence-electron chi connectivity index (χ1n) is 6.01. The second-order valence-electron chi connectivity index (χ2n) is 4.45. The van der Waals surface area contributed by atoms with Crippen molar-refractivity contribution >= 4 is 15.9 Å². The van der Waals surface area contributed by atoms with Crippen LogP contribution in [0.4, 0.5) is 0 Å². The molecular weight excluding hydrogens is 286 g/mol. The first kappa shape index (κ1) is 14.9. The largest absolute Gasteiger partial charge is 0.393 e. The first-order valence-corrected chi connectivity index (χ1v) is 7.45. The van der Waals surface area contributed by atoms with Crippen LogP contribution in [0.15, 0.2) is 29.4 Å². The quantitative estimate of drug-likeness (QED) is 0.491. The SMILES string of the molecule is O=C(NO)C1CC(O)CCN1S(=O)(=O)c1ccccn1. The number of hydrogen-bond donors (Lipinski definition) is 3. The third-order valence-corrected chi connectivity index (χ3v) is 4.97. The maximum Gasteiger partial charge on any atom is 0.261 e. The van der Waals surface area contributed by atoms with Gasteiger partial charge in [0.05, 0.1) is 6.10 Å². The van der Waals surface area contributed by atoms with E-state index in [0.29, 0.717) is 0 Å². The minimum Gasteiger partial charge on any atom is -0.393 e. The maximum absolute atomic E-state index is 12.4. The lowest BCUT2D eigenvalue weighted by molar-refractivity contribution is -0.135. The molecule has 8 nitrogen and oxygen atoms in total. The molecule has 1 aliphatic rings. The molecule has 110 valence electrons. The van der Waals surface area contributed by atoms with E-state index < -0.39 is 28.1 Å². The predicted molar refractivity (Wildman–Crippen MR) is 67.1 cm³/mol. The number of carbonyl (C=O) groups is 1. The summed E-state index contributed by atoms with van der Waals surface area (Å²) < 4.78 is 25.8. The number of hydroxylamine groups is 1. The number of aliphatic hydroxyl groups is 1. The topological polar surface area (TPSA) is 120 Å². The highest BCUT2D eigenvalue weighted by atomic mass is 32.2. The van der Waals surface area contributed by atoms with Crippen molar-refractivity contribution in [2.75, 3.05) is 6.54 Å². The molecule has 0 spiro atoms. The highest BCUT2D eigenvalue weighted by Gasteiger charge is 2.40. The number of pyridine rings is 1. The maximum atomic E-state index is 12.4. The first-order chi connectivity index (χ1) is 9.46. The van der Waals surface area contributed by atoms with E-state index in [2.05, 4.69) is 4.98 Å². The highest BCUT2D eigenvalue weighted by Crippen LogP contribution is 2.24. The summed E-state index contributed by atoms with van der Waals surface area (Å²) in [6.45, 7) is -0.0157. The highest BCUT2D eigenvalue weighted by molar-refractivity contribution is 7.89. The molecule has 2 unspecified atom stereocenters. The van der Waals surface area contributed by atoms with Crippen molar-refractivity contribution < 1.29 is 23.5 Å². The Bertz CT molecular complexity index is 577. The minimum atomic E-state index is -3.95. The molecule has 0 aromatic carbocycles. The van der Waals surface area contributed by atoms with Crippen LogP contribution >= 0.6 is 0 Å². The van der Waals surface area contributed by atoms with Gasteiger partial charge in [-0.1, -0.05) is 6.07 Å². The van der Waals surface area contributed by atoms with Gasteiger partial charge >= 0.3 is 0 Å². The van der Waals surface area contributed by atoms with Crippen molar-refractivity contribution in [3.63, 3.8) is 0 Å². The number of aliphatic hydroxyl groups excluding tert-OH is 1. The van der Waals surface area contributed by atoms with Crippen LogP contribution in [0, 0.1) is 0 Å². The summed E-state index contributed by atoms with van der Waals surface area (Å²) in [5.41, 5.74) is 1.43. The van der Waals surface area contributed by atoms with Gasteiger partial charge in [-0.2, -0.15) is 4.31 Å². The summed E-state index contributed by atoms with van der Waals surface area (Å²) in [5.74, 6) is -0.872. The van der Waals surface area contributed by atoms with Gasteiger partial charge in [-0.25, -0.2) is 18.9 Å². The van der Waals surface area contributed by atoms with Crippen molar-refractivity contribution in [2.45, 2.75) is 30.0 Å². The van der Waals surface area contributed by atoms with E-state index in [1.54, 1.807) is 6.07 Å². The Morgan fingerprint density at radius 3 is 2.80 bits per heavy atom. The van der Waals surface area contributed by atoms with Gasteiger partial charge in [0, 0.05) is 12.7 Å². The van der Waals surface area contributed by atoms with Crippen molar-refractivity contribution in [3.05, 3.63) is 24.4 Å². The zero-order valence-electron chi connectivity index (χ0n) is 10.5. The molecule has 1 aromatic rings. The molecule has 3 N–H and O–H groups in total. The summed E-state index contributed by atoms with van der Waals surface area (Å²) in [6, 6.07) is 3.28. The average Bonchev–Trinajstić information content (AvgIpc) is 2.47. The molecule has 1 aromatic heterocycles. The van der Waals surface area contributed by atoms with Crippen molar-refractivity contribution in [1.82, 2.24) is 14.8 Å². The summed E-state index contributed by atoms with van der Waals surface area (Å²) in [5, 5.41) is 18.1. The third kappa shape index (κ3) is 2.80. The molecule has 0 aliphatic carbocycles. The molecular formula is C11H15N3O5S. The van der Waals surface area contributed by atoms with Crippen LogP contribution in [-0.2, 0) is 14.8 Å². The molecule has 2 rings (SSSR count). The number of nitrogens with zero attached hydrogens (tertiary/aromatic N) is 2. The van der Waals surface area contributed by atoms with Gasteiger partial charge in [0.2, 0.25) is 0 Å². The second-order valence-corrected chi connectivity index (χ2v) is 6.29. The van der Waals surface area contributed by atoms with E-state index in [9.17, 15) is 18.3 Å². The Morgan fingerprint density at radius 2 is 2.20 bits per heavy atom. The standard InChI is InChI=1S/C11H15N3O5S/c15-8-4-6-14(9(7-8)11(16)13-17)20(18,19)10-3-1-2-5-12-10/h1-3,5,8-9,15,17H,4,6-7H2,(H,13,16). The van der Waals surface area contributed by atoms with Gasteiger partial charge in [0.1, 0.15) is 6.04 Å². The van der Waals surface area contributed by atoms with E-state index in [1.807, 2.05) is 0 Å². The van der Waals surface area contributed by atoms with E-state index in [1.165, 1.54) is 23.8 Å². The van der Waals surface area contributed by atoms with E-state index >= 15 is 0 Å². The second kappa shape index (κ2) is 5.83. The fourth-order valence-electron chi connectivity index (χ4n) is 2.15. The normalized spacial score (nSPS) is 24.3. The zero-order chi connectivity index (χ0) is 14.8. The summed E-state index contributed by atoms with van der Waals surface area (Å²) >= 11 is 0. The lowest BCUT2D eigenvalue weighted by atomic mass is 10.0. The zero-order valence-corrected chi connectivity index (χ0v) is 11.3. The Hall–Kier alpha value is -1.55. The molecule has 1 fully saturated rings. The van der Waals surface area contributed by atoms with Crippen LogP contribution in [0.25, 0.3) is 0 Å². The van der Waals surface area contributed by atoms with Crippen LogP contribution in [0.1, 0.15) is 12.8 Å². The number of hydrogen-bond acceptors (Lipinski definition) is 6. The van der Waals surface area contributed by atoms with Crippen molar-refractivity contribution in [3.8, 4) is 0 Å². The molecule has 9 heteroatoms. The molecule has 2 heterocycles. The van der Waals surface area contributed by atoms with Crippen LogP contribution in [0.5, 0.6) is 0 Å². The molecule has 0 saturated carbocycles. The minimum absolute atomic E-state index is 0.0157. The number of piperidine rings is 1.